The van der Waals surface area contributed by atoms with E-state index in [4.69, 9.17) is 0 Å². The van der Waals surface area contributed by atoms with E-state index in [1.165, 1.54) is 60.8 Å². The van der Waals surface area contributed by atoms with Gasteiger partial charge in [0.05, 0.1) is 33.9 Å². The molecule has 1 aromatic carbocycles. The Kier molecular flexibility index (Phi) is 12.0. The van der Waals surface area contributed by atoms with Gasteiger partial charge >= 0.3 is 0 Å². The monoisotopic (exact) mass is 694 g/mol. The topological polar surface area (TPSA) is 0 Å². The second kappa shape index (κ2) is 14.7. The van der Waals surface area contributed by atoms with Gasteiger partial charge in [0, 0.05) is 27.2 Å². The summed E-state index contributed by atoms with van der Waals surface area (Å²) >= 11 is 23.1. The fourth-order valence-electron chi connectivity index (χ4n) is 3.06. The van der Waals surface area contributed by atoms with Crippen LogP contribution in [0.2, 0.25) is 0 Å². The number of hydrogen-bond acceptors (Lipinski definition) is 12. The first kappa shape index (κ1) is 29.4. The summed E-state index contributed by atoms with van der Waals surface area (Å²) in [6, 6.07) is 9.19. The van der Waals surface area contributed by atoms with Crippen molar-refractivity contribution < 1.29 is 0 Å². The van der Waals surface area contributed by atoms with Crippen molar-refractivity contribution >= 4 is 141 Å². The lowest BCUT2D eigenvalue weighted by Gasteiger charge is -2.08. The molecule has 0 unspecified atom stereocenters. The lowest BCUT2D eigenvalue weighted by atomic mass is 10.2. The third-order valence-electron chi connectivity index (χ3n) is 4.72. The lowest BCUT2D eigenvalue weighted by Crippen LogP contribution is -1.88. The van der Waals surface area contributed by atoms with Crippen molar-refractivity contribution in [1.82, 2.24) is 0 Å². The van der Waals surface area contributed by atoms with Gasteiger partial charge in [0.1, 0.15) is 0 Å². The molecule has 0 amide bonds. The fourth-order valence-corrected chi connectivity index (χ4v) is 19.1. The first-order valence-corrected chi connectivity index (χ1v) is 22.0. The van der Waals surface area contributed by atoms with Crippen LogP contribution in [0.25, 0.3) is 0 Å². The molecule has 4 aliphatic rings. The summed E-state index contributed by atoms with van der Waals surface area (Å²) in [6.07, 6.45) is 8.99. The van der Waals surface area contributed by atoms with E-state index in [9.17, 15) is 0 Å². The minimum atomic E-state index is 1.01. The Bertz CT molecular complexity index is 1150. The third kappa shape index (κ3) is 7.99. The molecular formula is C24H22S12. The largest absolute Gasteiger partial charge is 0.121 e. The normalized spacial score (nSPS) is 21.4. The maximum absolute atomic E-state index is 4.12. The van der Waals surface area contributed by atoms with Gasteiger partial charge in [-0.05, 0) is 35.8 Å². The first-order chi connectivity index (χ1) is 17.6. The quantitative estimate of drug-likeness (QED) is 0.241. The maximum atomic E-state index is 4.12. The van der Waals surface area contributed by atoms with Gasteiger partial charge in [0.15, 0.2) is 0 Å². The van der Waals surface area contributed by atoms with E-state index in [-0.39, 0.29) is 0 Å². The van der Waals surface area contributed by atoms with Gasteiger partial charge < -0.3 is 0 Å². The van der Waals surface area contributed by atoms with E-state index in [1.54, 1.807) is 0 Å². The van der Waals surface area contributed by atoms with E-state index in [0.717, 1.165) is 11.5 Å². The van der Waals surface area contributed by atoms with Crippen LogP contribution in [0.1, 0.15) is 11.1 Å². The van der Waals surface area contributed by atoms with Crippen LogP contribution < -0.4 is 0 Å². The average molecular weight is 695 g/mol. The van der Waals surface area contributed by atoms with Gasteiger partial charge in [-0.1, -0.05) is 101 Å². The molecule has 4 heterocycles. The van der Waals surface area contributed by atoms with E-state index in [0.29, 0.717) is 0 Å². The fraction of sp³-hybridized carbons (Fsp3) is 0.250. The highest BCUT2D eigenvalue weighted by molar-refractivity contribution is 8.42. The first-order valence-electron chi connectivity index (χ1n) is 10.7. The van der Waals surface area contributed by atoms with Crippen LogP contribution in [0.5, 0.6) is 0 Å². The number of hydrogen-bond donors (Lipinski definition) is 0. The summed E-state index contributed by atoms with van der Waals surface area (Å²) in [5.74, 6) is 4.51. The highest BCUT2D eigenvalue weighted by Gasteiger charge is 2.25. The van der Waals surface area contributed by atoms with Crippen LogP contribution in [0.4, 0.5) is 0 Å². The molecule has 0 radical (unpaired) electrons. The van der Waals surface area contributed by atoms with Crippen LogP contribution in [0.15, 0.2) is 81.1 Å². The molecule has 0 atom stereocenters. The lowest BCUT2D eigenvalue weighted by molar-refractivity contribution is 1.35. The van der Waals surface area contributed by atoms with Crippen LogP contribution in [0, 0.1) is 0 Å². The minimum absolute atomic E-state index is 1.01. The molecule has 5 rings (SSSR count). The summed E-state index contributed by atoms with van der Waals surface area (Å²) in [6.45, 7) is 4.12. The van der Waals surface area contributed by atoms with E-state index in [2.05, 4.69) is 55.5 Å². The summed E-state index contributed by atoms with van der Waals surface area (Å²) in [5, 5.41) is 0. The van der Waals surface area contributed by atoms with Crippen molar-refractivity contribution in [3.8, 4) is 0 Å². The maximum Gasteiger partial charge on any atom is 0.0663 e. The molecule has 12 heteroatoms. The van der Waals surface area contributed by atoms with Crippen molar-refractivity contribution in [1.29, 1.82) is 0 Å². The molecule has 0 saturated carbocycles. The Morgan fingerprint density at radius 1 is 0.667 bits per heavy atom. The van der Waals surface area contributed by atoms with E-state index in [1.807, 2.05) is 141 Å². The Hall–Kier alpha value is 1.86. The van der Waals surface area contributed by atoms with Crippen LogP contribution in [0.3, 0.4) is 0 Å². The zero-order valence-electron chi connectivity index (χ0n) is 19.4. The van der Waals surface area contributed by atoms with Gasteiger partial charge in [0.25, 0.3) is 0 Å². The molecular weight excluding hydrogens is 673 g/mol. The Morgan fingerprint density at radius 2 is 1.11 bits per heavy atom. The Balaban J connectivity index is 1.12. The smallest absolute Gasteiger partial charge is 0.0663 e. The van der Waals surface area contributed by atoms with E-state index >= 15 is 0 Å². The van der Waals surface area contributed by atoms with Crippen LogP contribution >= 0.6 is 141 Å². The van der Waals surface area contributed by atoms with Crippen molar-refractivity contribution in [2.75, 3.05) is 24.0 Å². The third-order valence-corrected chi connectivity index (χ3v) is 20.9. The second-order valence-corrected chi connectivity index (χ2v) is 21.7. The molecule has 0 fully saturated rings. The molecule has 0 nitrogen and oxygen atoms in total. The summed E-state index contributed by atoms with van der Waals surface area (Å²) < 4.78 is 12.7. The van der Waals surface area contributed by atoms with Crippen molar-refractivity contribution in [2.45, 2.75) is 11.5 Å². The van der Waals surface area contributed by atoms with Crippen molar-refractivity contribution in [3.05, 3.63) is 92.3 Å². The number of thioether (sulfide) groups is 12. The molecule has 0 bridgehead atoms. The average Bonchev–Trinajstić information content (AvgIpc) is 3.61. The summed E-state index contributed by atoms with van der Waals surface area (Å²) in [5.41, 5.74) is 2.77. The van der Waals surface area contributed by atoms with Gasteiger partial charge in [-0.2, -0.15) is 0 Å². The summed E-state index contributed by atoms with van der Waals surface area (Å²) in [7, 11) is 0. The number of rotatable bonds is 9. The summed E-state index contributed by atoms with van der Waals surface area (Å²) in [4.78, 5) is 0. The van der Waals surface area contributed by atoms with Crippen LogP contribution in [-0.2, 0) is 11.5 Å². The highest BCUT2D eigenvalue weighted by atomic mass is 32.3. The molecule has 0 aromatic heterocycles. The molecule has 0 saturated heterocycles. The zero-order valence-corrected chi connectivity index (χ0v) is 29.2. The Labute approximate surface area is 265 Å². The molecule has 0 aliphatic carbocycles. The standard InChI is InChI=1S/C24H22S12/c1-14-31-19(25-2)21(32-14)29-12-15-4-6-16(7-5-15)13-30-22-20(26-3)33-17(34-22)8-9-18-35-23-24(36-18)28-11-10-27-23/h4-9H,1,10-13H2,2-3H3/b17-8-. The highest BCUT2D eigenvalue weighted by Crippen LogP contribution is 2.61. The molecule has 190 valence electrons. The molecule has 0 N–H and O–H groups in total. The predicted molar refractivity (Wildman–Crippen MR) is 193 cm³/mol. The van der Waals surface area contributed by atoms with Gasteiger partial charge in [-0.25, -0.2) is 0 Å². The SMILES string of the molecule is C=C1SC(SC)=C(SCc2ccc(CSC3=C(SC)S/C(=C/C=C4SC5=C(SCCS5)S4)S3)cc2)S1. The zero-order chi connectivity index (χ0) is 24.9. The van der Waals surface area contributed by atoms with Gasteiger partial charge in [-0.3, -0.25) is 0 Å². The predicted octanol–water partition coefficient (Wildman–Crippen LogP) is 12.3. The van der Waals surface area contributed by atoms with Crippen molar-refractivity contribution in [3.63, 3.8) is 0 Å². The van der Waals surface area contributed by atoms with Gasteiger partial charge in [-0.15, -0.1) is 70.6 Å². The Morgan fingerprint density at radius 3 is 1.67 bits per heavy atom. The molecule has 0 spiro atoms. The molecule has 36 heavy (non-hydrogen) atoms. The molecule has 1 aromatic rings. The minimum Gasteiger partial charge on any atom is -0.121 e. The second-order valence-electron chi connectivity index (χ2n) is 7.18. The van der Waals surface area contributed by atoms with Gasteiger partial charge in [0.2, 0.25) is 0 Å². The number of allylic oxidation sites excluding steroid dienone is 2. The van der Waals surface area contributed by atoms with Crippen molar-refractivity contribution in [2.24, 2.45) is 0 Å². The van der Waals surface area contributed by atoms with E-state index < -0.39 is 0 Å². The van der Waals surface area contributed by atoms with Crippen LogP contribution in [-0.4, -0.2) is 24.0 Å². The molecule has 4 aliphatic heterocycles. The number of benzene rings is 1.